The van der Waals surface area contributed by atoms with Gasteiger partial charge in [0.15, 0.2) is 0 Å². The van der Waals surface area contributed by atoms with Crippen molar-refractivity contribution in [2.45, 2.75) is 72.2 Å². The number of nitrogens with zero attached hydrogens (tertiary/aromatic N) is 4. The molecule has 0 bridgehead atoms. The molecule has 4 rings (SSSR count). The zero-order valence-corrected chi connectivity index (χ0v) is 27.8. The SMILES string of the molecule is CCC(C)C(CN(Cc1cccc2ccccc12)C(=O)CNC(=O)OC(C)(C)C)NC(=O)Cc1cncn1Cc1ccc(C#N)cc1. The number of alkyl carbamates (subject to hydrolysis) is 1. The van der Waals surface area contributed by atoms with E-state index < -0.39 is 11.7 Å². The molecule has 0 aliphatic rings. The summed E-state index contributed by atoms with van der Waals surface area (Å²) in [7, 11) is 0. The molecule has 0 radical (unpaired) electrons. The highest BCUT2D eigenvalue weighted by atomic mass is 16.6. The second kappa shape index (κ2) is 15.9. The van der Waals surface area contributed by atoms with Gasteiger partial charge in [-0.3, -0.25) is 9.59 Å². The number of carbonyl (C=O) groups excluding carboxylic acids is 3. The number of carbonyl (C=O) groups is 3. The molecule has 10 nitrogen and oxygen atoms in total. The van der Waals surface area contributed by atoms with Crippen LogP contribution in [0, 0.1) is 17.2 Å². The molecule has 47 heavy (non-hydrogen) atoms. The summed E-state index contributed by atoms with van der Waals surface area (Å²) in [5.41, 5.74) is 2.60. The number of nitrogens with one attached hydrogen (secondary N) is 2. The summed E-state index contributed by atoms with van der Waals surface area (Å²) in [5, 5.41) is 17.0. The standard InChI is InChI=1S/C37H44N6O4/c1-6-26(2)33(41-34(44)18-31-20-39-25-43(31)22-28-16-14-27(19-38)15-17-28)24-42(35(45)21-40-36(46)47-37(3,4)5)23-30-12-9-11-29-10-7-8-13-32(29)30/h7-17,20,25-26,33H,6,18,21-24H2,1-5H3,(H,40,46)(H,41,44). The van der Waals surface area contributed by atoms with Gasteiger partial charge in [-0.1, -0.05) is 74.9 Å². The summed E-state index contributed by atoms with van der Waals surface area (Å²) in [5.74, 6) is -0.405. The lowest BCUT2D eigenvalue weighted by Crippen LogP contribution is -2.51. The molecule has 2 unspecified atom stereocenters. The largest absolute Gasteiger partial charge is 0.444 e. The first-order chi connectivity index (χ1) is 22.5. The van der Waals surface area contributed by atoms with Gasteiger partial charge in [-0.05, 0) is 60.7 Å². The van der Waals surface area contributed by atoms with Crippen LogP contribution in [-0.4, -0.2) is 57.1 Å². The topological polar surface area (TPSA) is 129 Å². The van der Waals surface area contributed by atoms with Crippen LogP contribution in [0.25, 0.3) is 10.8 Å². The lowest BCUT2D eigenvalue weighted by Gasteiger charge is -2.32. The van der Waals surface area contributed by atoms with Crippen LogP contribution in [0.1, 0.15) is 63.4 Å². The second-order valence-corrected chi connectivity index (χ2v) is 12.8. The fraction of sp³-hybridized carbons (Fsp3) is 0.378. The van der Waals surface area contributed by atoms with Crippen molar-refractivity contribution in [1.82, 2.24) is 25.1 Å². The molecular weight excluding hydrogens is 592 g/mol. The third-order valence-electron chi connectivity index (χ3n) is 8.05. The van der Waals surface area contributed by atoms with Gasteiger partial charge in [-0.2, -0.15) is 5.26 Å². The van der Waals surface area contributed by atoms with Crippen molar-refractivity contribution >= 4 is 28.7 Å². The van der Waals surface area contributed by atoms with Gasteiger partial charge in [0.05, 0.1) is 24.4 Å². The highest BCUT2D eigenvalue weighted by molar-refractivity contribution is 5.87. The average Bonchev–Trinajstić information content (AvgIpc) is 3.47. The molecule has 0 aliphatic carbocycles. The van der Waals surface area contributed by atoms with E-state index in [4.69, 9.17) is 10.00 Å². The fourth-order valence-corrected chi connectivity index (χ4v) is 5.30. The number of ether oxygens (including phenoxy) is 1. The van der Waals surface area contributed by atoms with Gasteiger partial charge in [-0.15, -0.1) is 0 Å². The maximum atomic E-state index is 13.7. The predicted molar refractivity (Wildman–Crippen MR) is 181 cm³/mol. The van der Waals surface area contributed by atoms with E-state index in [1.165, 1.54) is 0 Å². The van der Waals surface area contributed by atoms with Crippen LogP contribution in [-0.2, 0) is 33.8 Å². The summed E-state index contributed by atoms with van der Waals surface area (Å²) in [6.45, 7) is 10.2. The van der Waals surface area contributed by atoms with Crippen LogP contribution >= 0.6 is 0 Å². The van der Waals surface area contributed by atoms with Gasteiger partial charge in [0, 0.05) is 37.6 Å². The normalized spacial score (nSPS) is 12.5. The Labute approximate surface area is 276 Å². The molecule has 246 valence electrons. The van der Waals surface area contributed by atoms with Crippen LogP contribution in [0.15, 0.2) is 79.3 Å². The van der Waals surface area contributed by atoms with E-state index in [9.17, 15) is 14.4 Å². The van der Waals surface area contributed by atoms with Crippen molar-refractivity contribution in [3.8, 4) is 6.07 Å². The Morgan fingerprint density at radius 3 is 2.47 bits per heavy atom. The predicted octanol–water partition coefficient (Wildman–Crippen LogP) is 5.58. The third-order valence-corrected chi connectivity index (χ3v) is 8.05. The minimum atomic E-state index is -0.695. The number of benzene rings is 3. The van der Waals surface area contributed by atoms with Gasteiger partial charge in [0.1, 0.15) is 12.1 Å². The molecule has 3 aromatic carbocycles. The second-order valence-electron chi connectivity index (χ2n) is 12.8. The number of rotatable bonds is 13. The summed E-state index contributed by atoms with van der Waals surface area (Å²) >= 11 is 0. The molecule has 10 heteroatoms. The first-order valence-corrected chi connectivity index (χ1v) is 15.9. The van der Waals surface area contributed by atoms with E-state index in [2.05, 4.69) is 35.5 Å². The van der Waals surface area contributed by atoms with Crippen LogP contribution in [0.5, 0.6) is 0 Å². The Bertz CT molecular complexity index is 1710. The van der Waals surface area contributed by atoms with Crippen LogP contribution in [0.2, 0.25) is 0 Å². The van der Waals surface area contributed by atoms with Crippen molar-refractivity contribution < 1.29 is 19.1 Å². The minimum Gasteiger partial charge on any atom is -0.444 e. The minimum absolute atomic E-state index is 0.0594. The van der Waals surface area contributed by atoms with Gasteiger partial charge in [0.25, 0.3) is 0 Å². The maximum Gasteiger partial charge on any atom is 0.408 e. The Balaban J connectivity index is 1.51. The molecule has 2 N–H and O–H groups in total. The van der Waals surface area contributed by atoms with Gasteiger partial charge >= 0.3 is 6.09 Å². The van der Waals surface area contributed by atoms with Crippen molar-refractivity contribution in [3.63, 3.8) is 0 Å². The molecule has 0 spiro atoms. The number of hydrogen-bond acceptors (Lipinski definition) is 6. The first kappa shape index (κ1) is 34.7. The number of hydrogen-bond donors (Lipinski definition) is 2. The zero-order valence-electron chi connectivity index (χ0n) is 27.8. The van der Waals surface area contributed by atoms with Gasteiger partial charge < -0.3 is 24.8 Å². The molecule has 4 aromatic rings. The quantitative estimate of drug-likeness (QED) is 0.197. The fourth-order valence-electron chi connectivity index (χ4n) is 5.30. The van der Waals surface area contributed by atoms with Crippen molar-refractivity contribution in [3.05, 3.63) is 102 Å². The molecule has 0 saturated carbocycles. The van der Waals surface area contributed by atoms with Gasteiger partial charge in [0.2, 0.25) is 11.8 Å². The third kappa shape index (κ3) is 10.2. The van der Waals surface area contributed by atoms with E-state index in [1.807, 2.05) is 59.2 Å². The number of aromatic nitrogens is 2. The van der Waals surface area contributed by atoms with E-state index in [0.717, 1.165) is 34.0 Å². The summed E-state index contributed by atoms with van der Waals surface area (Å²) in [6, 6.07) is 23.1. The molecule has 1 aromatic heterocycles. The summed E-state index contributed by atoms with van der Waals surface area (Å²) in [6.07, 6.45) is 3.60. The molecule has 0 fully saturated rings. The average molecular weight is 637 g/mol. The molecule has 3 amide bonds. The number of nitriles is 1. The van der Waals surface area contributed by atoms with Gasteiger partial charge in [-0.25, -0.2) is 9.78 Å². The summed E-state index contributed by atoms with van der Waals surface area (Å²) in [4.78, 5) is 45.6. The Kier molecular flexibility index (Phi) is 11.7. The van der Waals surface area contributed by atoms with Crippen molar-refractivity contribution in [1.29, 1.82) is 5.26 Å². The lowest BCUT2D eigenvalue weighted by atomic mass is 9.97. The molecule has 0 saturated heterocycles. The Hall–Kier alpha value is -5.17. The Morgan fingerprint density at radius 2 is 1.77 bits per heavy atom. The number of fused-ring (bicyclic) bond motifs is 1. The zero-order chi connectivity index (χ0) is 34.0. The molecule has 0 aliphatic heterocycles. The maximum absolute atomic E-state index is 13.7. The Morgan fingerprint density at radius 1 is 1.04 bits per heavy atom. The van der Waals surface area contributed by atoms with E-state index >= 15 is 0 Å². The van der Waals surface area contributed by atoms with Crippen LogP contribution in [0.4, 0.5) is 4.79 Å². The first-order valence-electron chi connectivity index (χ1n) is 15.9. The monoisotopic (exact) mass is 636 g/mol. The number of amides is 3. The van der Waals surface area contributed by atoms with Crippen molar-refractivity contribution in [2.24, 2.45) is 5.92 Å². The van der Waals surface area contributed by atoms with E-state index in [-0.39, 0.29) is 43.3 Å². The molecule has 2 atom stereocenters. The lowest BCUT2D eigenvalue weighted by molar-refractivity contribution is -0.132. The number of imidazole rings is 1. The van der Waals surface area contributed by atoms with E-state index in [1.54, 1.807) is 50.3 Å². The smallest absolute Gasteiger partial charge is 0.408 e. The van der Waals surface area contributed by atoms with Crippen LogP contribution in [0.3, 0.4) is 0 Å². The van der Waals surface area contributed by atoms with E-state index in [0.29, 0.717) is 18.7 Å². The van der Waals surface area contributed by atoms with Crippen LogP contribution < -0.4 is 10.6 Å². The highest BCUT2D eigenvalue weighted by Crippen LogP contribution is 2.21. The molecule has 1 heterocycles. The highest BCUT2D eigenvalue weighted by Gasteiger charge is 2.26. The molecular formula is C37H44N6O4. The summed E-state index contributed by atoms with van der Waals surface area (Å²) < 4.78 is 7.26. The van der Waals surface area contributed by atoms with Crippen molar-refractivity contribution in [2.75, 3.05) is 13.1 Å².